The van der Waals surface area contributed by atoms with E-state index in [0.29, 0.717) is 28.9 Å². The van der Waals surface area contributed by atoms with Crippen LogP contribution in [0.4, 0.5) is 5.69 Å². The van der Waals surface area contributed by atoms with E-state index in [2.05, 4.69) is 4.98 Å². The number of carbonyl (C=O) groups is 4. The second kappa shape index (κ2) is 6.88. The van der Waals surface area contributed by atoms with Crippen LogP contribution >= 0.6 is 11.8 Å². The van der Waals surface area contributed by atoms with Crippen molar-refractivity contribution in [2.45, 2.75) is 43.4 Å². The molecule has 0 unspecified atom stereocenters. The number of aryl methyl sites for hydroxylation is 1. The van der Waals surface area contributed by atoms with E-state index >= 15 is 0 Å². The van der Waals surface area contributed by atoms with Gasteiger partial charge in [-0.05, 0) is 38.5 Å². The standard InChI is InChI=1S/C21H20N2O5S/c1-11-18(13(3)24)12(2)22-19(11)15(25)10-28-20(27)21-9-8-17(26)23(21)14-6-4-5-7-16(14)29-21/h4-7,22H,8-10H2,1-3H3/t21-/m1/s1. The van der Waals surface area contributed by atoms with Crippen molar-refractivity contribution < 1.29 is 23.9 Å². The van der Waals surface area contributed by atoms with Gasteiger partial charge in [0.15, 0.2) is 17.3 Å². The molecule has 1 aromatic carbocycles. The Morgan fingerprint density at radius 3 is 2.66 bits per heavy atom. The maximum absolute atomic E-state index is 13.0. The minimum Gasteiger partial charge on any atom is -0.455 e. The first-order chi connectivity index (χ1) is 13.8. The highest BCUT2D eigenvalue weighted by Crippen LogP contribution is 2.56. The molecule has 0 saturated carbocycles. The topological polar surface area (TPSA) is 96.5 Å². The van der Waals surface area contributed by atoms with Crippen LogP contribution in [0, 0.1) is 13.8 Å². The van der Waals surface area contributed by atoms with Gasteiger partial charge in [-0.25, -0.2) is 4.79 Å². The largest absolute Gasteiger partial charge is 0.455 e. The van der Waals surface area contributed by atoms with Gasteiger partial charge in [-0.2, -0.15) is 0 Å². The van der Waals surface area contributed by atoms with Crippen molar-refractivity contribution in [3.05, 3.63) is 46.8 Å². The third-order valence-corrected chi connectivity index (χ3v) is 6.85. The number of hydrogen-bond donors (Lipinski definition) is 1. The predicted octanol–water partition coefficient (Wildman–Crippen LogP) is 3.19. The summed E-state index contributed by atoms with van der Waals surface area (Å²) in [7, 11) is 0. The van der Waals surface area contributed by atoms with E-state index in [-0.39, 0.29) is 23.8 Å². The van der Waals surface area contributed by atoms with Crippen molar-refractivity contribution in [2.24, 2.45) is 0 Å². The summed E-state index contributed by atoms with van der Waals surface area (Å²) in [6, 6.07) is 7.34. The molecule has 2 aliphatic heterocycles. The van der Waals surface area contributed by atoms with E-state index in [0.717, 1.165) is 4.90 Å². The number of ether oxygens (including phenoxy) is 1. The molecule has 4 rings (SSSR count). The normalized spacial score (nSPS) is 19.8. The molecule has 0 spiro atoms. The van der Waals surface area contributed by atoms with Crippen molar-refractivity contribution in [3.8, 4) is 0 Å². The molecular weight excluding hydrogens is 392 g/mol. The number of nitrogens with one attached hydrogen (secondary N) is 1. The first kappa shape index (κ1) is 19.4. The number of thioether (sulfide) groups is 1. The molecule has 29 heavy (non-hydrogen) atoms. The van der Waals surface area contributed by atoms with Gasteiger partial charge in [-0.15, -0.1) is 0 Å². The van der Waals surface area contributed by atoms with Gasteiger partial charge in [0, 0.05) is 29.0 Å². The monoisotopic (exact) mass is 412 g/mol. The fraction of sp³-hybridized carbons (Fsp3) is 0.333. The summed E-state index contributed by atoms with van der Waals surface area (Å²) in [5.74, 6) is -1.29. The number of Topliss-reactive ketones (excluding diaryl/α,β-unsaturated/α-hetero) is 2. The van der Waals surface area contributed by atoms with Crippen LogP contribution in [0.2, 0.25) is 0 Å². The Balaban J connectivity index is 1.54. The quantitative estimate of drug-likeness (QED) is 0.598. The summed E-state index contributed by atoms with van der Waals surface area (Å²) in [6.45, 7) is 4.39. The van der Waals surface area contributed by atoms with E-state index in [1.807, 2.05) is 18.2 Å². The van der Waals surface area contributed by atoms with Crippen molar-refractivity contribution in [1.82, 2.24) is 4.98 Å². The fourth-order valence-electron chi connectivity index (χ4n) is 4.15. The van der Waals surface area contributed by atoms with E-state index in [9.17, 15) is 19.2 Å². The summed E-state index contributed by atoms with van der Waals surface area (Å²) in [5.41, 5.74) is 2.60. The zero-order valence-electron chi connectivity index (χ0n) is 16.3. The van der Waals surface area contributed by atoms with E-state index < -0.39 is 23.2 Å². The predicted molar refractivity (Wildman–Crippen MR) is 107 cm³/mol. The number of esters is 1. The summed E-state index contributed by atoms with van der Waals surface area (Å²) < 4.78 is 5.38. The van der Waals surface area contributed by atoms with E-state index in [1.54, 1.807) is 19.9 Å². The number of ketones is 2. The Bertz CT molecular complexity index is 1070. The maximum Gasteiger partial charge on any atom is 0.343 e. The van der Waals surface area contributed by atoms with Crippen LogP contribution in [0.1, 0.15) is 51.9 Å². The fourth-order valence-corrected chi connectivity index (χ4v) is 5.56. The van der Waals surface area contributed by atoms with Gasteiger partial charge in [-0.1, -0.05) is 23.9 Å². The average molecular weight is 412 g/mol. The van der Waals surface area contributed by atoms with E-state index in [4.69, 9.17) is 4.74 Å². The molecule has 2 aliphatic rings. The number of benzene rings is 1. The van der Waals surface area contributed by atoms with Gasteiger partial charge in [0.25, 0.3) is 0 Å². The highest BCUT2D eigenvalue weighted by Gasteiger charge is 2.58. The molecule has 8 heteroatoms. The third-order valence-electron chi connectivity index (χ3n) is 5.40. The lowest BCUT2D eigenvalue weighted by atomic mass is 10.1. The number of fused-ring (bicyclic) bond motifs is 3. The number of carbonyl (C=O) groups excluding carboxylic acids is 4. The highest BCUT2D eigenvalue weighted by molar-refractivity contribution is 8.02. The number of para-hydroxylation sites is 1. The molecule has 1 fully saturated rings. The number of amides is 1. The SMILES string of the molecule is CC(=O)c1c(C)[nH]c(C(=O)COC(=O)[C@]23CCC(=O)N2c2ccccc2S3)c1C. The van der Waals surface area contributed by atoms with Crippen molar-refractivity contribution in [3.63, 3.8) is 0 Å². The Morgan fingerprint density at radius 2 is 1.97 bits per heavy atom. The van der Waals surface area contributed by atoms with Crippen molar-refractivity contribution >= 4 is 40.9 Å². The second-order valence-corrected chi connectivity index (χ2v) is 8.58. The summed E-state index contributed by atoms with van der Waals surface area (Å²) in [4.78, 5) is 54.0. The molecule has 1 N–H and O–H groups in total. The minimum absolute atomic E-state index is 0.132. The molecule has 2 aromatic rings. The van der Waals surface area contributed by atoms with E-state index in [1.165, 1.54) is 23.6 Å². The van der Waals surface area contributed by atoms with Crippen LogP contribution in [0.25, 0.3) is 0 Å². The number of rotatable bonds is 5. The first-order valence-electron chi connectivity index (χ1n) is 9.28. The maximum atomic E-state index is 13.0. The lowest BCUT2D eigenvalue weighted by molar-refractivity contribution is -0.145. The van der Waals surface area contributed by atoms with Gasteiger partial charge in [-0.3, -0.25) is 19.3 Å². The van der Waals surface area contributed by atoms with Crippen LogP contribution in [0.3, 0.4) is 0 Å². The number of hydrogen-bond acceptors (Lipinski definition) is 6. The number of aromatic nitrogens is 1. The molecule has 1 atom stereocenters. The van der Waals surface area contributed by atoms with Crippen LogP contribution < -0.4 is 4.90 Å². The van der Waals surface area contributed by atoms with Crippen LogP contribution in [-0.2, 0) is 14.3 Å². The second-order valence-electron chi connectivity index (χ2n) is 7.26. The molecule has 1 amide bonds. The Kier molecular flexibility index (Phi) is 4.61. The molecule has 0 aliphatic carbocycles. The van der Waals surface area contributed by atoms with Crippen LogP contribution in [0.5, 0.6) is 0 Å². The summed E-state index contributed by atoms with van der Waals surface area (Å²) in [6.07, 6.45) is 0.578. The number of nitrogens with zero attached hydrogens (tertiary/aromatic N) is 1. The molecule has 1 aromatic heterocycles. The average Bonchev–Trinajstić information content (AvgIpc) is 3.29. The molecule has 0 radical (unpaired) electrons. The highest BCUT2D eigenvalue weighted by atomic mass is 32.2. The zero-order valence-corrected chi connectivity index (χ0v) is 17.1. The zero-order chi connectivity index (χ0) is 20.9. The lowest BCUT2D eigenvalue weighted by Crippen LogP contribution is -2.48. The summed E-state index contributed by atoms with van der Waals surface area (Å²) >= 11 is 1.29. The van der Waals surface area contributed by atoms with Gasteiger partial charge in [0.1, 0.15) is 0 Å². The molecule has 150 valence electrons. The number of aromatic amines is 1. The van der Waals surface area contributed by atoms with Crippen LogP contribution in [-0.4, -0.2) is 39.9 Å². The Hall–Kier alpha value is -2.87. The van der Waals surface area contributed by atoms with Gasteiger partial charge >= 0.3 is 5.97 Å². The Morgan fingerprint density at radius 1 is 1.24 bits per heavy atom. The van der Waals surface area contributed by atoms with Crippen molar-refractivity contribution in [1.29, 1.82) is 0 Å². The first-order valence-corrected chi connectivity index (χ1v) is 10.1. The van der Waals surface area contributed by atoms with Gasteiger partial charge in [0.2, 0.25) is 11.7 Å². The van der Waals surface area contributed by atoms with Gasteiger partial charge in [0.05, 0.1) is 11.4 Å². The van der Waals surface area contributed by atoms with Crippen LogP contribution in [0.15, 0.2) is 29.2 Å². The lowest BCUT2D eigenvalue weighted by Gasteiger charge is -2.28. The minimum atomic E-state index is -1.16. The molecule has 0 bridgehead atoms. The van der Waals surface area contributed by atoms with Gasteiger partial charge < -0.3 is 9.72 Å². The smallest absolute Gasteiger partial charge is 0.343 e. The van der Waals surface area contributed by atoms with Crippen molar-refractivity contribution in [2.75, 3.05) is 11.5 Å². The number of H-pyrrole nitrogens is 1. The third kappa shape index (κ3) is 2.90. The Labute approximate surface area is 171 Å². The molecular formula is C21H20N2O5S. The summed E-state index contributed by atoms with van der Waals surface area (Å²) in [5, 5.41) is 0. The number of anilines is 1. The molecule has 1 saturated heterocycles. The molecule has 7 nitrogen and oxygen atoms in total. The molecule has 3 heterocycles.